The summed E-state index contributed by atoms with van der Waals surface area (Å²) in [7, 11) is 0. The van der Waals surface area contributed by atoms with Gasteiger partial charge in [-0.25, -0.2) is 0 Å². The Hall–Kier alpha value is -1.88. The number of hydrogen-bond donors (Lipinski definition) is 3. The number of anilines is 2. The van der Waals surface area contributed by atoms with Crippen molar-refractivity contribution in [2.45, 2.75) is 40.2 Å². The summed E-state index contributed by atoms with van der Waals surface area (Å²) in [6, 6.07) is 5.80. The van der Waals surface area contributed by atoms with E-state index in [2.05, 4.69) is 16.0 Å². The molecule has 0 spiro atoms. The SMILES string of the molecule is CC(=O)Nc1ccc(NC(=O)CCNC(C)C)cc1C. The van der Waals surface area contributed by atoms with Crippen molar-refractivity contribution in [1.29, 1.82) is 0 Å². The van der Waals surface area contributed by atoms with E-state index in [4.69, 9.17) is 0 Å². The van der Waals surface area contributed by atoms with Gasteiger partial charge in [0.05, 0.1) is 0 Å². The highest BCUT2D eigenvalue weighted by Crippen LogP contribution is 2.19. The van der Waals surface area contributed by atoms with Gasteiger partial charge in [0, 0.05) is 37.3 Å². The molecule has 2 amide bonds. The van der Waals surface area contributed by atoms with Crippen LogP contribution in [0, 0.1) is 6.92 Å². The maximum absolute atomic E-state index is 11.7. The first-order chi connectivity index (χ1) is 9.38. The molecule has 0 fully saturated rings. The minimum atomic E-state index is -0.107. The predicted molar refractivity (Wildman–Crippen MR) is 81.9 cm³/mol. The largest absolute Gasteiger partial charge is 0.326 e. The molecule has 0 aliphatic carbocycles. The van der Waals surface area contributed by atoms with Crippen molar-refractivity contribution < 1.29 is 9.59 Å². The molecule has 0 saturated carbocycles. The lowest BCUT2D eigenvalue weighted by atomic mass is 10.1. The van der Waals surface area contributed by atoms with E-state index in [1.54, 1.807) is 12.1 Å². The van der Waals surface area contributed by atoms with Crippen LogP contribution in [0.25, 0.3) is 0 Å². The second-order valence-electron chi connectivity index (χ2n) is 5.12. The Balaban J connectivity index is 2.54. The molecule has 1 aromatic rings. The summed E-state index contributed by atoms with van der Waals surface area (Å²) in [6.07, 6.45) is 0.435. The number of amides is 2. The van der Waals surface area contributed by atoms with Crippen molar-refractivity contribution in [1.82, 2.24) is 5.32 Å². The first kappa shape index (κ1) is 16.2. The first-order valence-electron chi connectivity index (χ1n) is 6.80. The number of rotatable bonds is 6. The number of aryl methyl sites for hydroxylation is 1. The van der Waals surface area contributed by atoms with Crippen LogP contribution in [-0.2, 0) is 9.59 Å². The minimum Gasteiger partial charge on any atom is -0.326 e. The Morgan fingerprint density at radius 3 is 2.45 bits per heavy atom. The van der Waals surface area contributed by atoms with Crippen molar-refractivity contribution in [3.05, 3.63) is 23.8 Å². The monoisotopic (exact) mass is 277 g/mol. The summed E-state index contributed by atoms with van der Waals surface area (Å²) in [5.41, 5.74) is 2.42. The fourth-order valence-corrected chi connectivity index (χ4v) is 1.77. The van der Waals surface area contributed by atoms with Gasteiger partial charge in [-0.05, 0) is 30.7 Å². The molecule has 0 bridgehead atoms. The topological polar surface area (TPSA) is 70.2 Å². The van der Waals surface area contributed by atoms with Gasteiger partial charge in [-0.3, -0.25) is 9.59 Å². The van der Waals surface area contributed by atoms with Gasteiger partial charge < -0.3 is 16.0 Å². The van der Waals surface area contributed by atoms with Gasteiger partial charge in [-0.1, -0.05) is 13.8 Å². The van der Waals surface area contributed by atoms with Crippen molar-refractivity contribution in [2.24, 2.45) is 0 Å². The van der Waals surface area contributed by atoms with Crippen LogP contribution in [0.4, 0.5) is 11.4 Å². The van der Waals surface area contributed by atoms with E-state index >= 15 is 0 Å². The molecule has 0 aliphatic heterocycles. The summed E-state index contributed by atoms with van der Waals surface area (Å²) in [5, 5.41) is 8.78. The van der Waals surface area contributed by atoms with Gasteiger partial charge >= 0.3 is 0 Å². The van der Waals surface area contributed by atoms with E-state index in [9.17, 15) is 9.59 Å². The number of carbonyl (C=O) groups excluding carboxylic acids is 2. The second-order valence-corrected chi connectivity index (χ2v) is 5.12. The Bertz CT molecular complexity index is 484. The highest BCUT2D eigenvalue weighted by Gasteiger charge is 2.05. The standard InChI is InChI=1S/C15H23N3O2/c1-10(2)16-8-7-15(20)18-13-5-6-14(11(3)9-13)17-12(4)19/h5-6,9-10,16H,7-8H2,1-4H3,(H,17,19)(H,18,20). The Morgan fingerprint density at radius 2 is 1.90 bits per heavy atom. The molecule has 0 aromatic heterocycles. The molecule has 0 unspecified atom stereocenters. The molecule has 1 aromatic carbocycles. The smallest absolute Gasteiger partial charge is 0.225 e. The van der Waals surface area contributed by atoms with Crippen LogP contribution in [0.5, 0.6) is 0 Å². The minimum absolute atomic E-state index is 0.0233. The van der Waals surface area contributed by atoms with Crippen molar-refractivity contribution >= 4 is 23.2 Å². The van der Waals surface area contributed by atoms with Crippen LogP contribution >= 0.6 is 0 Å². The van der Waals surface area contributed by atoms with E-state index in [1.807, 2.05) is 26.8 Å². The molecule has 110 valence electrons. The lowest BCUT2D eigenvalue weighted by molar-refractivity contribution is -0.116. The van der Waals surface area contributed by atoms with Crippen LogP contribution in [0.2, 0.25) is 0 Å². The van der Waals surface area contributed by atoms with Crippen molar-refractivity contribution in [3.8, 4) is 0 Å². The van der Waals surface area contributed by atoms with E-state index in [0.29, 0.717) is 19.0 Å². The Labute approximate surface area is 120 Å². The predicted octanol–water partition coefficient (Wildman–Crippen LogP) is 2.28. The summed E-state index contributed by atoms with van der Waals surface area (Å²) in [6.45, 7) is 8.11. The zero-order valence-corrected chi connectivity index (χ0v) is 12.5. The normalized spacial score (nSPS) is 10.4. The van der Waals surface area contributed by atoms with Gasteiger partial charge in [0.1, 0.15) is 0 Å². The fraction of sp³-hybridized carbons (Fsp3) is 0.467. The summed E-state index contributed by atoms with van der Waals surface area (Å²) in [5.74, 6) is -0.130. The van der Waals surface area contributed by atoms with E-state index < -0.39 is 0 Å². The van der Waals surface area contributed by atoms with Gasteiger partial charge in [-0.15, -0.1) is 0 Å². The molecular formula is C15H23N3O2. The van der Waals surface area contributed by atoms with Gasteiger partial charge in [0.2, 0.25) is 11.8 Å². The number of benzene rings is 1. The molecule has 0 radical (unpaired) electrons. The van der Waals surface area contributed by atoms with E-state index in [0.717, 1.165) is 16.9 Å². The maximum Gasteiger partial charge on any atom is 0.225 e. The first-order valence-corrected chi connectivity index (χ1v) is 6.80. The molecule has 0 heterocycles. The van der Waals surface area contributed by atoms with Crippen molar-refractivity contribution in [3.63, 3.8) is 0 Å². The quantitative estimate of drug-likeness (QED) is 0.747. The van der Waals surface area contributed by atoms with Gasteiger partial charge in [0.15, 0.2) is 0 Å². The molecule has 1 rings (SSSR count). The molecule has 0 atom stereocenters. The number of carbonyl (C=O) groups is 2. The highest BCUT2D eigenvalue weighted by molar-refractivity contribution is 5.93. The van der Waals surface area contributed by atoms with Crippen LogP contribution < -0.4 is 16.0 Å². The summed E-state index contributed by atoms with van der Waals surface area (Å²) in [4.78, 5) is 22.8. The Morgan fingerprint density at radius 1 is 1.20 bits per heavy atom. The lowest BCUT2D eigenvalue weighted by Crippen LogP contribution is -2.27. The van der Waals surface area contributed by atoms with Gasteiger partial charge in [0.25, 0.3) is 0 Å². The number of nitrogens with one attached hydrogen (secondary N) is 3. The van der Waals surface area contributed by atoms with Crippen LogP contribution in [0.1, 0.15) is 32.8 Å². The van der Waals surface area contributed by atoms with Gasteiger partial charge in [-0.2, -0.15) is 0 Å². The zero-order chi connectivity index (χ0) is 15.1. The molecule has 5 nitrogen and oxygen atoms in total. The number of hydrogen-bond acceptors (Lipinski definition) is 3. The molecule has 3 N–H and O–H groups in total. The molecule has 20 heavy (non-hydrogen) atoms. The second kappa shape index (κ2) is 7.65. The maximum atomic E-state index is 11.7. The molecule has 5 heteroatoms. The lowest BCUT2D eigenvalue weighted by Gasteiger charge is -2.11. The van der Waals surface area contributed by atoms with Crippen LogP contribution in [0.15, 0.2) is 18.2 Å². The summed E-state index contributed by atoms with van der Waals surface area (Å²) >= 11 is 0. The van der Waals surface area contributed by atoms with Crippen LogP contribution in [-0.4, -0.2) is 24.4 Å². The Kier molecular flexibility index (Phi) is 6.18. The third kappa shape index (κ3) is 5.84. The molecule has 0 aliphatic rings. The third-order valence-electron chi connectivity index (χ3n) is 2.73. The van der Waals surface area contributed by atoms with Crippen LogP contribution in [0.3, 0.4) is 0 Å². The summed E-state index contributed by atoms with van der Waals surface area (Å²) < 4.78 is 0. The van der Waals surface area contributed by atoms with Crippen molar-refractivity contribution in [2.75, 3.05) is 17.2 Å². The third-order valence-corrected chi connectivity index (χ3v) is 2.73. The average Bonchev–Trinajstić information content (AvgIpc) is 2.31. The highest BCUT2D eigenvalue weighted by atomic mass is 16.2. The van der Waals surface area contributed by atoms with E-state index in [-0.39, 0.29) is 11.8 Å². The average molecular weight is 277 g/mol. The fourth-order valence-electron chi connectivity index (χ4n) is 1.77. The molecular weight excluding hydrogens is 254 g/mol. The van der Waals surface area contributed by atoms with E-state index in [1.165, 1.54) is 6.92 Å². The zero-order valence-electron chi connectivity index (χ0n) is 12.5. The molecule has 0 saturated heterocycles.